The molecule has 0 radical (unpaired) electrons. The van der Waals surface area contributed by atoms with Gasteiger partial charge in [0, 0.05) is 11.3 Å². The molecule has 0 aliphatic heterocycles. The van der Waals surface area contributed by atoms with Crippen molar-refractivity contribution in [3.05, 3.63) is 77.5 Å². The van der Waals surface area contributed by atoms with E-state index in [1.54, 1.807) is 44.4 Å². The maximum atomic E-state index is 12.9. The molecule has 0 unspecified atom stereocenters. The predicted molar refractivity (Wildman–Crippen MR) is 98.6 cm³/mol. The van der Waals surface area contributed by atoms with Crippen molar-refractivity contribution in [2.75, 3.05) is 13.7 Å². The minimum Gasteiger partial charge on any atom is -0.497 e. The summed E-state index contributed by atoms with van der Waals surface area (Å²) in [6, 6.07) is 17.8. The molecule has 0 aliphatic carbocycles. The highest BCUT2D eigenvalue weighted by atomic mass is 16.5. The zero-order valence-corrected chi connectivity index (χ0v) is 14.6. The lowest BCUT2D eigenvalue weighted by Gasteiger charge is -2.03. The van der Waals surface area contributed by atoms with Crippen molar-refractivity contribution in [3.63, 3.8) is 0 Å². The van der Waals surface area contributed by atoms with Gasteiger partial charge in [0.1, 0.15) is 11.4 Å². The van der Waals surface area contributed by atoms with Crippen molar-refractivity contribution >= 4 is 11.8 Å². The molecule has 26 heavy (non-hydrogen) atoms. The quantitative estimate of drug-likeness (QED) is 0.537. The number of aromatic nitrogens is 1. The number of carbonyl (C=O) groups excluding carboxylic acids is 2. The topological polar surface area (TPSA) is 68.4 Å². The second-order valence-corrected chi connectivity index (χ2v) is 5.62. The van der Waals surface area contributed by atoms with Crippen LogP contribution in [0.15, 0.2) is 60.7 Å². The van der Waals surface area contributed by atoms with E-state index in [1.165, 1.54) is 0 Å². The smallest absolute Gasteiger partial charge is 0.340 e. The van der Waals surface area contributed by atoms with Crippen LogP contribution in [0.4, 0.5) is 0 Å². The van der Waals surface area contributed by atoms with Gasteiger partial charge in [-0.15, -0.1) is 0 Å². The molecule has 0 bridgehead atoms. The van der Waals surface area contributed by atoms with E-state index in [-0.39, 0.29) is 23.6 Å². The lowest BCUT2D eigenvalue weighted by molar-refractivity contribution is 0.0523. The first kappa shape index (κ1) is 17.5. The van der Waals surface area contributed by atoms with E-state index in [0.717, 1.165) is 11.3 Å². The number of hydrogen-bond donors (Lipinski definition) is 1. The maximum Gasteiger partial charge on any atom is 0.340 e. The summed E-state index contributed by atoms with van der Waals surface area (Å²) in [6.45, 7) is 1.97. The van der Waals surface area contributed by atoms with Gasteiger partial charge < -0.3 is 14.5 Å². The molecule has 5 heteroatoms. The number of aromatic amines is 1. The Morgan fingerprint density at radius 3 is 2.31 bits per heavy atom. The Kier molecular flexibility index (Phi) is 5.17. The van der Waals surface area contributed by atoms with Crippen LogP contribution in [0.25, 0.3) is 11.3 Å². The summed E-state index contributed by atoms with van der Waals surface area (Å²) in [6.07, 6.45) is 0. The molecule has 3 rings (SSSR count). The number of methoxy groups -OCH3 is 1. The maximum absolute atomic E-state index is 12.9. The van der Waals surface area contributed by atoms with Crippen LogP contribution in [-0.2, 0) is 4.74 Å². The molecular formula is C21H19NO4. The number of rotatable bonds is 6. The Labute approximate surface area is 151 Å². The van der Waals surface area contributed by atoms with Gasteiger partial charge >= 0.3 is 5.97 Å². The monoisotopic (exact) mass is 349 g/mol. The predicted octanol–water partition coefficient (Wildman–Crippen LogP) is 4.10. The molecule has 0 fully saturated rings. The summed E-state index contributed by atoms with van der Waals surface area (Å²) in [4.78, 5) is 28.3. The number of esters is 1. The largest absolute Gasteiger partial charge is 0.497 e. The van der Waals surface area contributed by atoms with Gasteiger partial charge in [-0.3, -0.25) is 4.79 Å². The van der Waals surface area contributed by atoms with Crippen molar-refractivity contribution in [2.24, 2.45) is 0 Å². The van der Waals surface area contributed by atoms with Gasteiger partial charge in [0.25, 0.3) is 0 Å². The van der Waals surface area contributed by atoms with E-state index in [4.69, 9.17) is 9.47 Å². The van der Waals surface area contributed by atoms with E-state index < -0.39 is 5.97 Å². The highest BCUT2D eigenvalue weighted by molar-refractivity contribution is 6.14. The van der Waals surface area contributed by atoms with Crippen LogP contribution in [0, 0.1) is 0 Å². The van der Waals surface area contributed by atoms with Crippen LogP contribution in [-0.4, -0.2) is 30.5 Å². The summed E-state index contributed by atoms with van der Waals surface area (Å²) >= 11 is 0. The molecule has 0 saturated carbocycles. The van der Waals surface area contributed by atoms with Crippen molar-refractivity contribution in [2.45, 2.75) is 6.92 Å². The number of ketones is 1. The van der Waals surface area contributed by atoms with E-state index >= 15 is 0 Å². The Morgan fingerprint density at radius 2 is 1.69 bits per heavy atom. The molecule has 0 spiro atoms. The molecule has 0 amide bonds. The number of carbonyl (C=O) groups is 2. The Hall–Kier alpha value is -3.34. The van der Waals surface area contributed by atoms with Gasteiger partial charge in [-0.2, -0.15) is 0 Å². The fourth-order valence-electron chi connectivity index (χ4n) is 2.66. The summed E-state index contributed by atoms with van der Waals surface area (Å²) in [5.41, 5.74) is 2.45. The Bertz CT molecular complexity index is 911. The first-order chi connectivity index (χ1) is 12.6. The lowest BCUT2D eigenvalue weighted by Crippen LogP contribution is -2.11. The normalized spacial score (nSPS) is 10.4. The molecule has 3 aromatic rings. The highest BCUT2D eigenvalue weighted by Crippen LogP contribution is 2.26. The Balaban J connectivity index is 2.05. The fraction of sp³-hybridized carbons (Fsp3) is 0.143. The van der Waals surface area contributed by atoms with E-state index in [1.807, 2.05) is 30.3 Å². The van der Waals surface area contributed by atoms with Gasteiger partial charge in [-0.25, -0.2) is 4.79 Å². The molecular weight excluding hydrogens is 330 g/mol. The molecule has 1 aromatic heterocycles. The van der Waals surface area contributed by atoms with Crippen molar-refractivity contribution in [1.82, 2.24) is 4.98 Å². The third-order valence-corrected chi connectivity index (χ3v) is 3.98. The lowest BCUT2D eigenvalue weighted by atomic mass is 10.1. The number of nitrogens with one attached hydrogen (secondary N) is 1. The Morgan fingerprint density at radius 1 is 1.00 bits per heavy atom. The third kappa shape index (κ3) is 3.52. The van der Waals surface area contributed by atoms with E-state index in [9.17, 15) is 9.59 Å². The standard InChI is InChI=1S/C21H19NO4/c1-3-26-21(24)17-13-18(14-9-11-16(25-2)12-10-14)22-19(17)20(23)15-7-5-4-6-8-15/h4-13,22H,3H2,1-2H3. The summed E-state index contributed by atoms with van der Waals surface area (Å²) < 4.78 is 10.3. The van der Waals surface area contributed by atoms with Crippen molar-refractivity contribution in [3.8, 4) is 17.0 Å². The summed E-state index contributed by atoms with van der Waals surface area (Å²) in [5.74, 6) is -0.0530. The van der Waals surface area contributed by atoms with Crippen LogP contribution in [0.3, 0.4) is 0 Å². The second-order valence-electron chi connectivity index (χ2n) is 5.62. The molecule has 0 atom stereocenters. The van der Waals surface area contributed by atoms with E-state index in [2.05, 4.69) is 4.98 Å². The van der Waals surface area contributed by atoms with Gasteiger partial charge in [0.15, 0.2) is 0 Å². The van der Waals surface area contributed by atoms with Gasteiger partial charge in [0.2, 0.25) is 5.78 Å². The van der Waals surface area contributed by atoms with Crippen molar-refractivity contribution < 1.29 is 19.1 Å². The summed E-state index contributed by atoms with van der Waals surface area (Å²) in [7, 11) is 1.60. The highest BCUT2D eigenvalue weighted by Gasteiger charge is 2.23. The second kappa shape index (κ2) is 7.70. The molecule has 2 aromatic carbocycles. The van der Waals surface area contributed by atoms with Gasteiger partial charge in [0.05, 0.1) is 19.3 Å². The zero-order chi connectivity index (χ0) is 18.5. The first-order valence-corrected chi connectivity index (χ1v) is 8.28. The number of hydrogen-bond acceptors (Lipinski definition) is 4. The van der Waals surface area contributed by atoms with Crippen LogP contribution < -0.4 is 4.74 Å². The average Bonchev–Trinajstić information content (AvgIpc) is 3.14. The van der Waals surface area contributed by atoms with Gasteiger partial charge in [-0.1, -0.05) is 30.3 Å². The number of benzene rings is 2. The molecule has 132 valence electrons. The molecule has 0 saturated heterocycles. The third-order valence-electron chi connectivity index (χ3n) is 3.98. The fourth-order valence-corrected chi connectivity index (χ4v) is 2.66. The van der Waals surface area contributed by atoms with Crippen LogP contribution in [0.5, 0.6) is 5.75 Å². The molecule has 1 N–H and O–H groups in total. The van der Waals surface area contributed by atoms with Crippen LogP contribution >= 0.6 is 0 Å². The van der Waals surface area contributed by atoms with Gasteiger partial charge in [-0.05, 0) is 42.8 Å². The SMILES string of the molecule is CCOC(=O)c1cc(-c2ccc(OC)cc2)[nH]c1C(=O)c1ccccc1. The van der Waals surface area contributed by atoms with Crippen molar-refractivity contribution in [1.29, 1.82) is 0 Å². The molecule has 5 nitrogen and oxygen atoms in total. The molecule has 1 heterocycles. The number of H-pyrrole nitrogens is 1. The van der Waals surface area contributed by atoms with Crippen LogP contribution in [0.2, 0.25) is 0 Å². The minimum atomic E-state index is -0.525. The van der Waals surface area contributed by atoms with E-state index in [0.29, 0.717) is 11.3 Å². The molecule has 0 aliphatic rings. The van der Waals surface area contributed by atoms with Crippen LogP contribution in [0.1, 0.15) is 33.3 Å². The average molecular weight is 349 g/mol. The zero-order valence-electron chi connectivity index (χ0n) is 14.6. The minimum absolute atomic E-state index is 0.223. The number of ether oxygens (including phenoxy) is 2. The first-order valence-electron chi connectivity index (χ1n) is 8.28. The summed E-state index contributed by atoms with van der Waals surface area (Å²) in [5, 5.41) is 0.